The SMILES string of the molecule is COc1ccc(C(=O)O)cc1NCc1cc(Cl)ccc1OCC(=O)Nc1ccc(C)cc1. The van der Waals surface area contributed by atoms with E-state index < -0.39 is 5.97 Å². The summed E-state index contributed by atoms with van der Waals surface area (Å²) >= 11 is 6.14. The molecule has 166 valence electrons. The fourth-order valence-electron chi connectivity index (χ4n) is 2.97. The molecule has 3 N–H and O–H groups in total. The zero-order valence-corrected chi connectivity index (χ0v) is 18.4. The third kappa shape index (κ3) is 6.15. The first-order valence-corrected chi connectivity index (χ1v) is 10.2. The summed E-state index contributed by atoms with van der Waals surface area (Å²) in [6, 6.07) is 17.1. The van der Waals surface area contributed by atoms with Gasteiger partial charge in [-0.05, 0) is 55.5 Å². The lowest BCUT2D eigenvalue weighted by Gasteiger charge is -2.15. The van der Waals surface area contributed by atoms with E-state index in [1.807, 2.05) is 31.2 Å². The van der Waals surface area contributed by atoms with Crippen LogP contribution in [0.2, 0.25) is 5.02 Å². The summed E-state index contributed by atoms with van der Waals surface area (Å²) in [5.41, 5.74) is 3.12. The maximum atomic E-state index is 12.3. The van der Waals surface area contributed by atoms with Gasteiger partial charge in [0.05, 0.1) is 18.4 Å². The zero-order chi connectivity index (χ0) is 23.1. The van der Waals surface area contributed by atoms with Crippen molar-refractivity contribution < 1.29 is 24.2 Å². The highest BCUT2D eigenvalue weighted by molar-refractivity contribution is 6.30. The number of aromatic carboxylic acids is 1. The molecular weight excluding hydrogens is 432 g/mol. The van der Waals surface area contributed by atoms with Crippen LogP contribution in [0.1, 0.15) is 21.5 Å². The predicted molar refractivity (Wildman–Crippen MR) is 124 cm³/mol. The van der Waals surface area contributed by atoms with Gasteiger partial charge in [-0.3, -0.25) is 4.79 Å². The molecule has 0 aliphatic carbocycles. The molecule has 0 saturated heterocycles. The Balaban J connectivity index is 1.69. The average Bonchev–Trinajstić information content (AvgIpc) is 2.78. The second-order valence-corrected chi connectivity index (χ2v) is 7.47. The molecule has 0 fully saturated rings. The number of benzene rings is 3. The number of carbonyl (C=O) groups is 2. The average molecular weight is 455 g/mol. The van der Waals surface area contributed by atoms with Crippen LogP contribution >= 0.6 is 11.6 Å². The second kappa shape index (κ2) is 10.5. The van der Waals surface area contributed by atoms with Crippen LogP contribution in [0, 0.1) is 6.92 Å². The normalized spacial score (nSPS) is 10.3. The minimum absolute atomic E-state index is 0.128. The van der Waals surface area contributed by atoms with Crippen molar-refractivity contribution in [2.24, 2.45) is 0 Å². The van der Waals surface area contributed by atoms with Gasteiger partial charge in [0.2, 0.25) is 0 Å². The Kier molecular flexibility index (Phi) is 7.57. The number of methoxy groups -OCH3 is 1. The monoisotopic (exact) mass is 454 g/mol. The van der Waals surface area contributed by atoms with Crippen molar-refractivity contribution in [3.8, 4) is 11.5 Å². The van der Waals surface area contributed by atoms with Gasteiger partial charge < -0.3 is 25.2 Å². The fraction of sp³-hybridized carbons (Fsp3) is 0.167. The number of ether oxygens (including phenoxy) is 2. The Morgan fingerprint density at radius 2 is 1.72 bits per heavy atom. The Morgan fingerprint density at radius 1 is 1.00 bits per heavy atom. The summed E-state index contributed by atoms with van der Waals surface area (Å²) in [6.07, 6.45) is 0. The maximum absolute atomic E-state index is 12.3. The molecule has 0 spiro atoms. The van der Waals surface area contributed by atoms with Crippen LogP contribution in [-0.2, 0) is 11.3 Å². The van der Waals surface area contributed by atoms with Gasteiger partial charge >= 0.3 is 5.97 Å². The molecule has 0 aromatic heterocycles. The van der Waals surface area contributed by atoms with Gasteiger partial charge in [0.15, 0.2) is 6.61 Å². The van der Waals surface area contributed by atoms with Crippen LogP contribution in [0.15, 0.2) is 60.7 Å². The van der Waals surface area contributed by atoms with Crippen molar-refractivity contribution in [1.82, 2.24) is 0 Å². The summed E-state index contributed by atoms with van der Waals surface area (Å²) in [4.78, 5) is 23.5. The van der Waals surface area contributed by atoms with Crippen LogP contribution in [0.25, 0.3) is 0 Å². The van der Waals surface area contributed by atoms with E-state index in [1.165, 1.54) is 19.2 Å². The van der Waals surface area contributed by atoms with Crippen molar-refractivity contribution in [2.45, 2.75) is 13.5 Å². The van der Waals surface area contributed by atoms with E-state index in [4.69, 9.17) is 21.1 Å². The summed E-state index contributed by atoms with van der Waals surface area (Å²) in [5.74, 6) is -0.355. The first-order chi connectivity index (χ1) is 15.4. The predicted octanol–water partition coefficient (Wildman–Crippen LogP) is 4.98. The van der Waals surface area contributed by atoms with Gasteiger partial charge in [0.25, 0.3) is 5.91 Å². The summed E-state index contributed by atoms with van der Waals surface area (Å²) in [6.45, 7) is 2.06. The van der Waals surface area contributed by atoms with Gasteiger partial charge in [0.1, 0.15) is 11.5 Å². The van der Waals surface area contributed by atoms with Crippen molar-refractivity contribution in [2.75, 3.05) is 24.4 Å². The van der Waals surface area contributed by atoms with E-state index in [0.29, 0.717) is 33.5 Å². The number of halogens is 1. The Hall–Kier alpha value is -3.71. The summed E-state index contributed by atoms with van der Waals surface area (Å²) in [5, 5.41) is 15.7. The number of hydrogen-bond donors (Lipinski definition) is 3. The number of amides is 1. The van der Waals surface area contributed by atoms with Crippen molar-refractivity contribution >= 4 is 34.9 Å². The molecule has 7 nitrogen and oxygen atoms in total. The lowest BCUT2D eigenvalue weighted by molar-refractivity contribution is -0.118. The molecule has 3 aromatic rings. The number of anilines is 2. The Labute approximate surface area is 190 Å². The molecule has 0 heterocycles. The molecule has 1 amide bonds. The van der Waals surface area contributed by atoms with Gasteiger partial charge in [-0.25, -0.2) is 4.79 Å². The van der Waals surface area contributed by atoms with E-state index in [9.17, 15) is 14.7 Å². The number of carbonyl (C=O) groups excluding carboxylic acids is 1. The van der Waals surface area contributed by atoms with E-state index >= 15 is 0 Å². The number of nitrogens with one attached hydrogen (secondary N) is 2. The van der Waals surface area contributed by atoms with E-state index in [2.05, 4.69) is 10.6 Å². The van der Waals surface area contributed by atoms with Crippen molar-refractivity contribution in [1.29, 1.82) is 0 Å². The molecule has 0 atom stereocenters. The minimum Gasteiger partial charge on any atom is -0.495 e. The molecule has 0 unspecified atom stereocenters. The highest BCUT2D eigenvalue weighted by Crippen LogP contribution is 2.29. The molecule has 32 heavy (non-hydrogen) atoms. The van der Waals surface area contributed by atoms with Gasteiger partial charge in [-0.2, -0.15) is 0 Å². The van der Waals surface area contributed by atoms with Gasteiger partial charge in [-0.1, -0.05) is 29.3 Å². The molecule has 0 radical (unpaired) electrons. The standard InChI is InChI=1S/C24H23ClN2O5/c1-15-3-7-19(8-4-15)27-23(28)14-32-21-10-6-18(25)11-17(21)13-26-20-12-16(24(29)30)5-9-22(20)31-2/h3-12,26H,13-14H2,1-2H3,(H,27,28)(H,29,30). The zero-order valence-electron chi connectivity index (χ0n) is 17.6. The third-order valence-corrected chi connectivity index (χ3v) is 4.87. The van der Waals surface area contributed by atoms with Crippen molar-refractivity contribution in [3.05, 3.63) is 82.4 Å². The van der Waals surface area contributed by atoms with Crippen LogP contribution in [0.5, 0.6) is 11.5 Å². The molecule has 3 aromatic carbocycles. The van der Waals surface area contributed by atoms with Crippen LogP contribution < -0.4 is 20.1 Å². The smallest absolute Gasteiger partial charge is 0.335 e. The molecule has 3 rings (SSSR count). The molecule has 0 aliphatic heterocycles. The molecular formula is C24H23ClN2O5. The highest BCUT2D eigenvalue weighted by Gasteiger charge is 2.12. The summed E-state index contributed by atoms with van der Waals surface area (Å²) in [7, 11) is 1.50. The maximum Gasteiger partial charge on any atom is 0.335 e. The number of aryl methyl sites for hydroxylation is 1. The fourth-order valence-corrected chi connectivity index (χ4v) is 3.17. The molecule has 0 saturated carbocycles. The lowest BCUT2D eigenvalue weighted by Crippen LogP contribution is -2.20. The first kappa shape index (κ1) is 23.0. The highest BCUT2D eigenvalue weighted by atomic mass is 35.5. The van der Waals surface area contributed by atoms with E-state index in [-0.39, 0.29) is 24.6 Å². The largest absolute Gasteiger partial charge is 0.495 e. The Bertz CT molecular complexity index is 1120. The van der Waals surface area contributed by atoms with Crippen LogP contribution in [0.3, 0.4) is 0 Å². The number of rotatable bonds is 9. The summed E-state index contributed by atoms with van der Waals surface area (Å²) < 4.78 is 11.0. The molecule has 8 heteroatoms. The first-order valence-electron chi connectivity index (χ1n) is 9.78. The van der Waals surface area contributed by atoms with Crippen LogP contribution in [0.4, 0.5) is 11.4 Å². The number of carboxylic acid groups (broad SMARTS) is 1. The van der Waals surface area contributed by atoms with Gasteiger partial charge in [-0.15, -0.1) is 0 Å². The lowest BCUT2D eigenvalue weighted by atomic mass is 10.1. The molecule has 0 aliphatic rings. The third-order valence-electron chi connectivity index (χ3n) is 4.63. The van der Waals surface area contributed by atoms with E-state index in [1.54, 1.807) is 24.3 Å². The van der Waals surface area contributed by atoms with Crippen molar-refractivity contribution in [3.63, 3.8) is 0 Å². The number of carboxylic acids is 1. The number of hydrogen-bond acceptors (Lipinski definition) is 5. The Morgan fingerprint density at radius 3 is 2.41 bits per heavy atom. The second-order valence-electron chi connectivity index (χ2n) is 7.03. The minimum atomic E-state index is -1.04. The van der Waals surface area contributed by atoms with Gasteiger partial charge in [0, 0.05) is 22.8 Å². The molecule has 0 bridgehead atoms. The van der Waals surface area contributed by atoms with E-state index in [0.717, 1.165) is 5.56 Å². The quantitative estimate of drug-likeness (QED) is 0.421. The van der Waals surface area contributed by atoms with Crippen LogP contribution in [-0.4, -0.2) is 30.7 Å². The topological polar surface area (TPSA) is 96.9 Å².